The molecular weight excluding hydrogens is 463 g/mol. The maximum atomic E-state index is 12.9. The first-order chi connectivity index (χ1) is 16.6. The van der Waals surface area contributed by atoms with Gasteiger partial charge < -0.3 is 14.6 Å². The van der Waals surface area contributed by atoms with Crippen LogP contribution < -0.4 is 5.56 Å². The third-order valence-corrected chi connectivity index (χ3v) is 6.33. The smallest absolute Gasteiger partial charge is 0.435 e. The zero-order valence-electron chi connectivity index (χ0n) is 18.6. The molecule has 1 aliphatic rings. The molecule has 0 saturated carbocycles. The van der Waals surface area contributed by atoms with E-state index in [4.69, 9.17) is 0 Å². The highest BCUT2D eigenvalue weighted by Crippen LogP contribution is 2.31. The summed E-state index contributed by atoms with van der Waals surface area (Å²) in [6.45, 7) is 0.790. The fraction of sp³-hybridized carbons (Fsp3) is 0.250. The molecule has 180 valence electrons. The van der Waals surface area contributed by atoms with E-state index in [-0.39, 0.29) is 11.3 Å². The second-order valence-corrected chi connectivity index (χ2v) is 8.42. The normalized spacial score (nSPS) is 14.1. The first kappa shape index (κ1) is 22.6. The third-order valence-electron chi connectivity index (χ3n) is 6.33. The number of fused-ring (bicyclic) bond motifs is 3. The number of halogens is 3. The summed E-state index contributed by atoms with van der Waals surface area (Å²) in [7, 11) is 1.93. The number of hydrogen-bond donors (Lipinski definition) is 1. The molecule has 0 saturated heterocycles. The van der Waals surface area contributed by atoms with Crippen LogP contribution in [0.1, 0.15) is 23.4 Å². The minimum Gasteiger partial charge on any atom is -0.465 e. The van der Waals surface area contributed by atoms with Crippen molar-refractivity contribution in [3.05, 3.63) is 76.0 Å². The Morgan fingerprint density at radius 2 is 1.89 bits per heavy atom. The highest BCUT2D eigenvalue weighted by atomic mass is 19.4. The summed E-state index contributed by atoms with van der Waals surface area (Å²) in [5.41, 5.74) is 2.57. The molecule has 0 atom stereocenters. The summed E-state index contributed by atoms with van der Waals surface area (Å²) in [4.78, 5) is 25.8. The lowest BCUT2D eigenvalue weighted by Crippen LogP contribution is -2.28. The van der Waals surface area contributed by atoms with Crippen LogP contribution in [0.4, 0.5) is 18.0 Å². The molecule has 3 aromatic heterocycles. The molecule has 4 aromatic rings. The van der Waals surface area contributed by atoms with Crippen molar-refractivity contribution in [2.75, 3.05) is 6.54 Å². The monoisotopic (exact) mass is 483 g/mol. The minimum atomic E-state index is -4.59. The number of benzene rings is 1. The average Bonchev–Trinajstić information content (AvgIpc) is 2.97. The number of aryl methyl sites for hydroxylation is 1. The predicted octanol–water partition coefficient (Wildman–Crippen LogP) is 4.23. The predicted molar refractivity (Wildman–Crippen MR) is 121 cm³/mol. The van der Waals surface area contributed by atoms with Gasteiger partial charge in [0, 0.05) is 48.1 Å². The molecule has 8 nitrogen and oxygen atoms in total. The van der Waals surface area contributed by atoms with Crippen LogP contribution >= 0.6 is 0 Å². The number of nitrogens with zero attached hydrogens (tertiary/aromatic N) is 5. The molecule has 1 aliphatic heterocycles. The fourth-order valence-corrected chi connectivity index (χ4v) is 4.56. The third kappa shape index (κ3) is 4.02. The van der Waals surface area contributed by atoms with E-state index in [0.717, 1.165) is 41.1 Å². The summed E-state index contributed by atoms with van der Waals surface area (Å²) in [5.74, 6) is 0. The molecule has 11 heteroatoms. The topological polar surface area (TPSA) is 93.3 Å². The van der Waals surface area contributed by atoms with Gasteiger partial charge in [-0.15, -0.1) is 10.2 Å². The highest BCUT2D eigenvalue weighted by Gasteiger charge is 2.33. The average molecular weight is 483 g/mol. The van der Waals surface area contributed by atoms with Crippen molar-refractivity contribution in [1.29, 1.82) is 0 Å². The summed E-state index contributed by atoms with van der Waals surface area (Å²) < 4.78 is 41.7. The quantitative estimate of drug-likeness (QED) is 0.461. The zero-order chi connectivity index (χ0) is 24.9. The van der Waals surface area contributed by atoms with E-state index in [1.54, 1.807) is 12.1 Å². The van der Waals surface area contributed by atoms with Gasteiger partial charge in [0.1, 0.15) is 0 Å². The van der Waals surface area contributed by atoms with Crippen LogP contribution in [0.5, 0.6) is 0 Å². The summed E-state index contributed by atoms with van der Waals surface area (Å²) in [6.07, 6.45) is -2.52. The molecule has 1 aromatic carbocycles. The Kier molecular flexibility index (Phi) is 5.34. The minimum absolute atomic E-state index is 0.159. The molecule has 0 aliphatic carbocycles. The lowest BCUT2D eigenvalue weighted by atomic mass is 10.1. The number of carboxylic acid groups (broad SMARTS) is 1. The Morgan fingerprint density at radius 1 is 1.09 bits per heavy atom. The van der Waals surface area contributed by atoms with Crippen LogP contribution in [0.3, 0.4) is 0 Å². The van der Waals surface area contributed by atoms with Gasteiger partial charge in [-0.2, -0.15) is 13.2 Å². The Bertz CT molecular complexity index is 1510. The lowest BCUT2D eigenvalue weighted by Gasteiger charge is -2.16. The number of alkyl halides is 3. The molecule has 5 rings (SSSR count). The second-order valence-electron chi connectivity index (χ2n) is 8.42. The second kappa shape index (κ2) is 8.26. The lowest BCUT2D eigenvalue weighted by molar-refractivity contribution is -0.141. The Labute approximate surface area is 196 Å². The molecule has 0 fully saturated rings. The molecule has 35 heavy (non-hydrogen) atoms. The standard InChI is InChI=1S/C24H20F3N5O3/c1-30-19-3-2-9-31(23(34)35)13-17(19)16-5-4-15(12-20(16)30)32-10-8-14(11-22(32)33)18-6-7-21(29-28-18)24(25,26)27/h4-8,10-12H,2-3,9,13H2,1H3,(H,34,35). The molecule has 0 unspecified atom stereocenters. The van der Waals surface area contributed by atoms with Gasteiger partial charge in [-0.25, -0.2) is 4.79 Å². The summed E-state index contributed by atoms with van der Waals surface area (Å²) in [6, 6.07) is 10.4. The van der Waals surface area contributed by atoms with E-state index >= 15 is 0 Å². The van der Waals surface area contributed by atoms with Crippen molar-refractivity contribution in [2.45, 2.75) is 25.6 Å². The van der Waals surface area contributed by atoms with Crippen LogP contribution in [-0.4, -0.2) is 42.0 Å². The van der Waals surface area contributed by atoms with Crippen LogP contribution in [0.2, 0.25) is 0 Å². The summed E-state index contributed by atoms with van der Waals surface area (Å²) in [5, 5.41) is 17.2. The molecule has 0 spiro atoms. The van der Waals surface area contributed by atoms with Crippen molar-refractivity contribution < 1.29 is 23.1 Å². The first-order valence-corrected chi connectivity index (χ1v) is 10.9. The van der Waals surface area contributed by atoms with E-state index in [9.17, 15) is 27.9 Å². The number of pyridine rings is 1. The molecule has 0 radical (unpaired) electrons. The molecule has 1 amide bonds. The fourth-order valence-electron chi connectivity index (χ4n) is 4.56. The number of aromatic nitrogens is 4. The van der Waals surface area contributed by atoms with Gasteiger partial charge in [-0.1, -0.05) is 6.07 Å². The van der Waals surface area contributed by atoms with Gasteiger partial charge in [-0.3, -0.25) is 9.36 Å². The Balaban J connectivity index is 1.51. The highest BCUT2D eigenvalue weighted by molar-refractivity contribution is 5.87. The van der Waals surface area contributed by atoms with Gasteiger partial charge in [0.05, 0.1) is 23.4 Å². The van der Waals surface area contributed by atoms with Crippen LogP contribution in [0.15, 0.2) is 53.5 Å². The van der Waals surface area contributed by atoms with Gasteiger partial charge in [0.2, 0.25) is 0 Å². The van der Waals surface area contributed by atoms with Gasteiger partial charge >= 0.3 is 12.3 Å². The largest absolute Gasteiger partial charge is 0.465 e. The van der Waals surface area contributed by atoms with E-state index in [1.165, 1.54) is 27.8 Å². The maximum absolute atomic E-state index is 12.9. The van der Waals surface area contributed by atoms with Crippen LogP contribution in [-0.2, 0) is 26.2 Å². The van der Waals surface area contributed by atoms with Gasteiger partial charge in [-0.05, 0) is 43.2 Å². The van der Waals surface area contributed by atoms with Gasteiger partial charge in [0.15, 0.2) is 5.69 Å². The first-order valence-electron chi connectivity index (χ1n) is 10.9. The summed E-state index contributed by atoms with van der Waals surface area (Å²) >= 11 is 0. The zero-order valence-corrected chi connectivity index (χ0v) is 18.6. The van der Waals surface area contributed by atoms with E-state index in [2.05, 4.69) is 10.2 Å². The number of rotatable bonds is 2. The number of amides is 1. The van der Waals surface area contributed by atoms with Crippen molar-refractivity contribution in [3.8, 4) is 16.9 Å². The van der Waals surface area contributed by atoms with Crippen molar-refractivity contribution in [2.24, 2.45) is 7.05 Å². The number of hydrogen-bond acceptors (Lipinski definition) is 4. The SMILES string of the molecule is Cn1c2c(c3ccc(-n4ccc(-c5ccc(C(F)(F)F)nn5)cc4=O)cc31)CN(C(=O)O)CCC2. The van der Waals surface area contributed by atoms with E-state index in [1.807, 2.05) is 23.7 Å². The Hall–Kier alpha value is -4.15. The van der Waals surface area contributed by atoms with Crippen molar-refractivity contribution in [1.82, 2.24) is 24.2 Å². The van der Waals surface area contributed by atoms with Crippen LogP contribution in [0, 0.1) is 0 Å². The van der Waals surface area contributed by atoms with E-state index in [0.29, 0.717) is 24.3 Å². The van der Waals surface area contributed by atoms with Gasteiger partial charge in [0.25, 0.3) is 5.56 Å². The van der Waals surface area contributed by atoms with E-state index < -0.39 is 18.0 Å². The molecule has 4 heterocycles. The van der Waals surface area contributed by atoms with Crippen molar-refractivity contribution in [3.63, 3.8) is 0 Å². The maximum Gasteiger partial charge on any atom is 0.435 e. The van der Waals surface area contributed by atoms with Crippen molar-refractivity contribution >= 4 is 17.0 Å². The molecule has 0 bridgehead atoms. The Morgan fingerprint density at radius 3 is 2.54 bits per heavy atom. The molecular formula is C24H20F3N5O3. The number of carbonyl (C=O) groups is 1. The van der Waals surface area contributed by atoms with Crippen LogP contribution in [0.25, 0.3) is 27.8 Å². The molecule has 1 N–H and O–H groups in total.